The van der Waals surface area contributed by atoms with Crippen molar-refractivity contribution in [3.05, 3.63) is 65.7 Å². The molecule has 0 aliphatic carbocycles. The average molecular weight is 306 g/mol. The number of ether oxygens (including phenoxy) is 1. The van der Waals surface area contributed by atoms with Gasteiger partial charge in [0.25, 0.3) is 0 Å². The maximum Gasteiger partial charge on any atom is 0.419 e. The highest BCUT2D eigenvalue weighted by Gasteiger charge is 2.34. The number of rotatable bonds is 5. The highest BCUT2D eigenvalue weighted by Crippen LogP contribution is 2.37. The molecule has 0 saturated carbocycles. The van der Waals surface area contributed by atoms with E-state index in [4.69, 9.17) is 4.74 Å². The minimum Gasteiger partial charge on any atom is -0.457 e. The van der Waals surface area contributed by atoms with E-state index in [-0.39, 0.29) is 5.75 Å². The van der Waals surface area contributed by atoms with Gasteiger partial charge < -0.3 is 4.74 Å². The van der Waals surface area contributed by atoms with E-state index < -0.39 is 11.7 Å². The molecular formula is C18H17F3O. The summed E-state index contributed by atoms with van der Waals surface area (Å²) < 4.78 is 44.1. The maximum atomic E-state index is 12.9. The van der Waals surface area contributed by atoms with Crippen LogP contribution in [0.25, 0.3) is 6.08 Å². The van der Waals surface area contributed by atoms with Crippen molar-refractivity contribution in [3.63, 3.8) is 0 Å². The molecule has 2 aromatic carbocycles. The summed E-state index contributed by atoms with van der Waals surface area (Å²) in [5.74, 6) is 0.189. The fourth-order valence-corrected chi connectivity index (χ4v) is 1.95. The van der Waals surface area contributed by atoms with Crippen molar-refractivity contribution in [2.75, 3.05) is 0 Å². The molecule has 0 fully saturated rings. The summed E-state index contributed by atoms with van der Waals surface area (Å²) in [5, 5.41) is 0. The molecule has 0 radical (unpaired) electrons. The molecule has 2 aromatic rings. The first-order chi connectivity index (χ1) is 10.5. The molecule has 116 valence electrons. The van der Waals surface area contributed by atoms with E-state index in [9.17, 15) is 13.2 Å². The quantitative estimate of drug-likeness (QED) is 0.629. The zero-order chi connectivity index (χ0) is 16.0. The van der Waals surface area contributed by atoms with Gasteiger partial charge in [-0.15, -0.1) is 0 Å². The Kier molecular flexibility index (Phi) is 5.26. The van der Waals surface area contributed by atoms with Gasteiger partial charge >= 0.3 is 6.18 Å². The van der Waals surface area contributed by atoms with E-state index >= 15 is 0 Å². The number of benzene rings is 2. The molecule has 0 heterocycles. The molecule has 0 amide bonds. The summed E-state index contributed by atoms with van der Waals surface area (Å²) in [6, 6.07) is 12.2. The van der Waals surface area contributed by atoms with Crippen molar-refractivity contribution in [3.8, 4) is 11.5 Å². The smallest absolute Gasteiger partial charge is 0.419 e. The van der Waals surface area contributed by atoms with Crippen molar-refractivity contribution in [2.24, 2.45) is 0 Å². The summed E-state index contributed by atoms with van der Waals surface area (Å²) in [5.41, 5.74) is 0.215. The van der Waals surface area contributed by atoms with Crippen LogP contribution in [0.15, 0.2) is 54.6 Å². The van der Waals surface area contributed by atoms with Gasteiger partial charge in [-0.1, -0.05) is 49.8 Å². The lowest BCUT2D eigenvalue weighted by atomic mass is 10.1. The van der Waals surface area contributed by atoms with Crippen LogP contribution in [0.3, 0.4) is 0 Å². The minimum atomic E-state index is -4.43. The fraction of sp³-hybridized carbons (Fsp3) is 0.222. The molecule has 0 atom stereocenters. The van der Waals surface area contributed by atoms with Crippen LogP contribution < -0.4 is 4.74 Å². The van der Waals surface area contributed by atoms with Crippen molar-refractivity contribution in [1.29, 1.82) is 0 Å². The van der Waals surface area contributed by atoms with E-state index in [2.05, 4.69) is 13.0 Å². The molecule has 1 nitrogen and oxygen atoms in total. The lowest BCUT2D eigenvalue weighted by Crippen LogP contribution is -2.06. The number of unbranched alkanes of at least 4 members (excludes halogenated alkanes) is 1. The van der Waals surface area contributed by atoms with Gasteiger partial charge in [-0.25, -0.2) is 0 Å². The standard InChI is InChI=1S/C18H17F3O/c1-2-3-4-7-14-10-12-15(13-11-14)22-17-9-6-5-8-16(17)18(19,20)21/h4-13H,2-3H2,1H3. The Morgan fingerprint density at radius 2 is 1.68 bits per heavy atom. The Hall–Kier alpha value is -2.23. The second-order valence-electron chi connectivity index (χ2n) is 4.86. The fourth-order valence-electron chi connectivity index (χ4n) is 1.95. The van der Waals surface area contributed by atoms with Gasteiger partial charge in [-0.2, -0.15) is 13.2 Å². The third-order valence-electron chi connectivity index (χ3n) is 3.07. The van der Waals surface area contributed by atoms with E-state index in [0.717, 1.165) is 24.5 Å². The zero-order valence-corrected chi connectivity index (χ0v) is 12.2. The molecule has 0 bridgehead atoms. The highest BCUT2D eigenvalue weighted by atomic mass is 19.4. The molecule has 0 saturated heterocycles. The Balaban J connectivity index is 2.15. The molecule has 2 rings (SSSR count). The third-order valence-corrected chi connectivity index (χ3v) is 3.07. The van der Waals surface area contributed by atoms with Gasteiger partial charge in [-0.05, 0) is 36.2 Å². The number of allylic oxidation sites excluding steroid dienone is 1. The van der Waals surface area contributed by atoms with E-state index in [1.807, 2.05) is 18.2 Å². The van der Waals surface area contributed by atoms with Crippen LogP contribution in [-0.4, -0.2) is 0 Å². The zero-order valence-electron chi connectivity index (χ0n) is 12.2. The van der Waals surface area contributed by atoms with Gasteiger partial charge in [0, 0.05) is 0 Å². The molecule has 0 aliphatic rings. The molecule has 0 unspecified atom stereocenters. The van der Waals surface area contributed by atoms with Crippen molar-refractivity contribution in [1.82, 2.24) is 0 Å². The summed E-state index contributed by atoms with van der Waals surface area (Å²) >= 11 is 0. The molecular weight excluding hydrogens is 289 g/mol. The Labute approximate surface area is 128 Å². The SMILES string of the molecule is CCCC=Cc1ccc(Oc2ccccc2C(F)(F)F)cc1. The summed E-state index contributed by atoms with van der Waals surface area (Å²) in [7, 11) is 0. The maximum absolute atomic E-state index is 12.9. The Morgan fingerprint density at radius 3 is 2.32 bits per heavy atom. The van der Waals surface area contributed by atoms with Crippen molar-refractivity contribution >= 4 is 6.08 Å². The number of alkyl halides is 3. The lowest BCUT2D eigenvalue weighted by Gasteiger charge is -2.13. The Bertz CT molecular complexity index is 628. The van der Waals surface area contributed by atoms with E-state index in [1.54, 1.807) is 12.1 Å². The lowest BCUT2D eigenvalue weighted by molar-refractivity contribution is -0.138. The average Bonchev–Trinajstić information content (AvgIpc) is 2.49. The van der Waals surface area contributed by atoms with Gasteiger partial charge in [0.05, 0.1) is 5.56 Å². The Morgan fingerprint density at radius 1 is 1.00 bits per heavy atom. The summed E-state index contributed by atoms with van der Waals surface area (Å²) in [6.45, 7) is 2.10. The van der Waals surface area contributed by atoms with Crippen LogP contribution >= 0.6 is 0 Å². The first kappa shape index (κ1) is 16.1. The second kappa shape index (κ2) is 7.16. The van der Waals surface area contributed by atoms with Gasteiger partial charge in [-0.3, -0.25) is 0 Å². The molecule has 0 spiro atoms. The summed E-state index contributed by atoms with van der Waals surface area (Å²) in [4.78, 5) is 0. The largest absolute Gasteiger partial charge is 0.457 e. The van der Waals surface area contributed by atoms with Crippen LogP contribution in [0.4, 0.5) is 13.2 Å². The monoisotopic (exact) mass is 306 g/mol. The predicted octanol–water partition coefficient (Wildman–Crippen LogP) is 6.31. The van der Waals surface area contributed by atoms with E-state index in [1.165, 1.54) is 18.2 Å². The molecule has 0 aliphatic heterocycles. The van der Waals surface area contributed by atoms with Crippen LogP contribution in [0.5, 0.6) is 11.5 Å². The predicted molar refractivity (Wildman–Crippen MR) is 81.9 cm³/mol. The molecule has 4 heteroatoms. The number of para-hydroxylation sites is 1. The number of hydrogen-bond donors (Lipinski definition) is 0. The molecule has 0 N–H and O–H groups in total. The molecule has 0 aromatic heterocycles. The van der Waals surface area contributed by atoms with Crippen LogP contribution in [0.1, 0.15) is 30.9 Å². The number of hydrogen-bond acceptors (Lipinski definition) is 1. The second-order valence-corrected chi connectivity index (χ2v) is 4.86. The third kappa shape index (κ3) is 4.38. The number of halogens is 3. The van der Waals surface area contributed by atoms with Crippen LogP contribution in [0.2, 0.25) is 0 Å². The first-order valence-electron chi connectivity index (χ1n) is 7.11. The van der Waals surface area contributed by atoms with Crippen LogP contribution in [0, 0.1) is 0 Å². The van der Waals surface area contributed by atoms with Gasteiger partial charge in [0.15, 0.2) is 0 Å². The van der Waals surface area contributed by atoms with Crippen molar-refractivity contribution < 1.29 is 17.9 Å². The minimum absolute atomic E-state index is 0.190. The van der Waals surface area contributed by atoms with Crippen LogP contribution in [-0.2, 0) is 6.18 Å². The molecule has 22 heavy (non-hydrogen) atoms. The summed E-state index contributed by atoms with van der Waals surface area (Å²) in [6.07, 6.45) is 1.69. The van der Waals surface area contributed by atoms with Crippen molar-refractivity contribution in [2.45, 2.75) is 25.9 Å². The normalized spacial score (nSPS) is 11.8. The topological polar surface area (TPSA) is 9.23 Å². The highest BCUT2D eigenvalue weighted by molar-refractivity contribution is 5.51. The first-order valence-corrected chi connectivity index (χ1v) is 7.11. The van der Waals surface area contributed by atoms with E-state index in [0.29, 0.717) is 5.75 Å². The van der Waals surface area contributed by atoms with Gasteiger partial charge in [0.2, 0.25) is 0 Å². The van der Waals surface area contributed by atoms with Gasteiger partial charge in [0.1, 0.15) is 11.5 Å².